The Hall–Kier alpha value is -2.30. The van der Waals surface area contributed by atoms with Gasteiger partial charge in [-0.15, -0.1) is 0 Å². The number of piperidine rings is 1. The Morgan fingerprint density at radius 2 is 2.00 bits per heavy atom. The molecule has 2 heterocycles. The molecule has 0 radical (unpaired) electrons. The highest BCUT2D eigenvalue weighted by Crippen LogP contribution is 2.21. The van der Waals surface area contributed by atoms with Crippen LogP contribution in [0, 0.1) is 12.8 Å². The first kappa shape index (κ1) is 16.6. The molecule has 0 saturated carbocycles. The molecule has 1 aliphatic heterocycles. The number of benzene rings is 1. The van der Waals surface area contributed by atoms with E-state index in [0.717, 1.165) is 44.0 Å². The molecule has 0 N–H and O–H groups in total. The number of imidazole rings is 1. The van der Waals surface area contributed by atoms with Gasteiger partial charge in [-0.3, -0.25) is 4.79 Å². The van der Waals surface area contributed by atoms with Gasteiger partial charge in [-0.1, -0.05) is 18.2 Å². The third kappa shape index (κ3) is 3.96. The highest BCUT2D eigenvalue weighted by atomic mass is 16.5. The summed E-state index contributed by atoms with van der Waals surface area (Å²) in [6.07, 6.45) is 5.49. The topological polar surface area (TPSA) is 47.4 Å². The number of hydrogen-bond donors (Lipinski definition) is 0. The molecule has 5 heteroatoms. The maximum Gasteiger partial charge on any atom is 0.263 e. The van der Waals surface area contributed by atoms with Crippen molar-refractivity contribution >= 4 is 5.91 Å². The number of aryl methyl sites for hydroxylation is 1. The number of hydrogen-bond acceptors (Lipinski definition) is 3. The van der Waals surface area contributed by atoms with Crippen LogP contribution in [0.4, 0.5) is 0 Å². The summed E-state index contributed by atoms with van der Waals surface area (Å²) in [5, 5.41) is 0. The second kappa shape index (κ2) is 7.51. The Labute approximate surface area is 143 Å². The van der Waals surface area contributed by atoms with E-state index in [1.54, 1.807) is 0 Å². The van der Waals surface area contributed by atoms with Crippen LogP contribution in [0.5, 0.6) is 5.75 Å². The molecular formula is C19H25N3O2. The summed E-state index contributed by atoms with van der Waals surface area (Å²) in [7, 11) is 0. The van der Waals surface area contributed by atoms with Gasteiger partial charge in [0.1, 0.15) is 11.6 Å². The average Bonchev–Trinajstić information content (AvgIpc) is 3.00. The van der Waals surface area contributed by atoms with E-state index in [1.165, 1.54) is 0 Å². The summed E-state index contributed by atoms with van der Waals surface area (Å²) in [6, 6.07) is 9.52. The van der Waals surface area contributed by atoms with Crippen molar-refractivity contribution in [2.45, 2.75) is 39.3 Å². The molecule has 1 unspecified atom stereocenters. The molecule has 1 aromatic heterocycles. The van der Waals surface area contributed by atoms with Crippen molar-refractivity contribution in [2.75, 3.05) is 13.1 Å². The molecule has 0 aliphatic carbocycles. The van der Waals surface area contributed by atoms with Crippen molar-refractivity contribution in [2.24, 2.45) is 5.92 Å². The van der Waals surface area contributed by atoms with E-state index in [2.05, 4.69) is 9.55 Å². The average molecular weight is 327 g/mol. The lowest BCUT2D eigenvalue weighted by molar-refractivity contribution is -0.139. The third-order valence-corrected chi connectivity index (χ3v) is 4.71. The molecule has 5 nitrogen and oxygen atoms in total. The zero-order valence-corrected chi connectivity index (χ0v) is 14.4. The van der Waals surface area contributed by atoms with Crippen molar-refractivity contribution in [1.29, 1.82) is 0 Å². The molecule has 1 saturated heterocycles. The van der Waals surface area contributed by atoms with Crippen molar-refractivity contribution in [3.8, 4) is 5.75 Å². The number of ether oxygens (including phenoxy) is 1. The number of rotatable bonds is 5. The summed E-state index contributed by atoms with van der Waals surface area (Å²) in [5.41, 5.74) is 0. The van der Waals surface area contributed by atoms with Crippen LogP contribution in [0.1, 0.15) is 25.6 Å². The Balaban J connectivity index is 1.49. The fraction of sp³-hybridized carbons (Fsp3) is 0.474. The Bertz CT molecular complexity index is 660. The lowest BCUT2D eigenvalue weighted by Gasteiger charge is -2.33. The highest BCUT2D eigenvalue weighted by molar-refractivity contribution is 5.81. The molecule has 3 rings (SSSR count). The summed E-state index contributed by atoms with van der Waals surface area (Å²) in [6.45, 7) is 6.46. The first-order valence-corrected chi connectivity index (χ1v) is 8.61. The van der Waals surface area contributed by atoms with Gasteiger partial charge in [-0.2, -0.15) is 0 Å². The predicted octanol–water partition coefficient (Wildman–Crippen LogP) is 2.90. The Morgan fingerprint density at radius 3 is 2.62 bits per heavy atom. The number of nitrogens with zero attached hydrogens (tertiary/aromatic N) is 3. The van der Waals surface area contributed by atoms with Crippen molar-refractivity contribution in [3.63, 3.8) is 0 Å². The SMILES string of the molecule is Cc1nccn1CC1CCN(C(=O)C(C)Oc2ccccc2)CC1. The number of amides is 1. The van der Waals surface area contributed by atoms with Crippen LogP contribution in [0.3, 0.4) is 0 Å². The molecule has 0 spiro atoms. The van der Waals surface area contributed by atoms with Gasteiger partial charge in [-0.25, -0.2) is 4.98 Å². The summed E-state index contributed by atoms with van der Waals surface area (Å²) in [4.78, 5) is 18.8. The number of aromatic nitrogens is 2. The zero-order chi connectivity index (χ0) is 16.9. The van der Waals surface area contributed by atoms with E-state index in [0.29, 0.717) is 5.92 Å². The molecule has 1 atom stereocenters. The second-order valence-corrected chi connectivity index (χ2v) is 6.47. The number of carbonyl (C=O) groups is 1. The highest BCUT2D eigenvalue weighted by Gasteiger charge is 2.27. The fourth-order valence-electron chi connectivity index (χ4n) is 3.22. The normalized spacial score (nSPS) is 16.8. The van der Waals surface area contributed by atoms with Gasteiger partial charge in [0.15, 0.2) is 6.10 Å². The molecule has 1 amide bonds. The monoisotopic (exact) mass is 327 g/mol. The van der Waals surface area contributed by atoms with Crippen LogP contribution in [0.2, 0.25) is 0 Å². The minimum atomic E-state index is -0.445. The lowest BCUT2D eigenvalue weighted by atomic mass is 9.96. The van der Waals surface area contributed by atoms with Crippen LogP contribution in [-0.4, -0.2) is 39.6 Å². The minimum Gasteiger partial charge on any atom is -0.481 e. The fourth-order valence-corrected chi connectivity index (χ4v) is 3.22. The number of para-hydroxylation sites is 1. The van der Waals surface area contributed by atoms with E-state index in [1.807, 2.05) is 61.5 Å². The zero-order valence-electron chi connectivity index (χ0n) is 14.4. The molecule has 128 valence electrons. The first-order valence-electron chi connectivity index (χ1n) is 8.61. The van der Waals surface area contributed by atoms with Gasteiger partial charge >= 0.3 is 0 Å². The molecular weight excluding hydrogens is 302 g/mol. The molecule has 1 fully saturated rings. The molecule has 1 aromatic carbocycles. The second-order valence-electron chi connectivity index (χ2n) is 6.47. The minimum absolute atomic E-state index is 0.0797. The third-order valence-electron chi connectivity index (χ3n) is 4.71. The Morgan fingerprint density at radius 1 is 1.29 bits per heavy atom. The quantitative estimate of drug-likeness (QED) is 0.848. The molecule has 1 aliphatic rings. The first-order chi connectivity index (χ1) is 11.6. The smallest absolute Gasteiger partial charge is 0.263 e. The van der Waals surface area contributed by atoms with E-state index in [-0.39, 0.29) is 5.91 Å². The maximum absolute atomic E-state index is 12.6. The van der Waals surface area contributed by atoms with Gasteiger partial charge < -0.3 is 14.2 Å². The van der Waals surface area contributed by atoms with Crippen molar-refractivity contribution in [1.82, 2.24) is 14.5 Å². The van der Waals surface area contributed by atoms with Gasteiger partial charge in [-0.05, 0) is 44.7 Å². The van der Waals surface area contributed by atoms with Crippen LogP contribution in [0.25, 0.3) is 0 Å². The van der Waals surface area contributed by atoms with E-state index in [4.69, 9.17) is 4.74 Å². The number of carbonyl (C=O) groups excluding carboxylic acids is 1. The largest absolute Gasteiger partial charge is 0.481 e. The summed E-state index contributed by atoms with van der Waals surface area (Å²) in [5.74, 6) is 2.48. The van der Waals surface area contributed by atoms with Crippen LogP contribution < -0.4 is 4.74 Å². The van der Waals surface area contributed by atoms with Gasteiger partial charge in [0.2, 0.25) is 0 Å². The van der Waals surface area contributed by atoms with Crippen LogP contribution >= 0.6 is 0 Å². The van der Waals surface area contributed by atoms with Crippen LogP contribution in [-0.2, 0) is 11.3 Å². The van der Waals surface area contributed by atoms with Gasteiger partial charge in [0, 0.05) is 32.0 Å². The Kier molecular flexibility index (Phi) is 5.18. The van der Waals surface area contributed by atoms with Crippen molar-refractivity contribution in [3.05, 3.63) is 48.5 Å². The van der Waals surface area contributed by atoms with Crippen molar-refractivity contribution < 1.29 is 9.53 Å². The van der Waals surface area contributed by atoms with Gasteiger partial charge in [0.05, 0.1) is 0 Å². The van der Waals surface area contributed by atoms with E-state index < -0.39 is 6.10 Å². The molecule has 2 aromatic rings. The lowest BCUT2D eigenvalue weighted by Crippen LogP contribution is -2.45. The predicted molar refractivity (Wildman–Crippen MR) is 92.8 cm³/mol. The summed E-state index contributed by atoms with van der Waals surface area (Å²) < 4.78 is 7.95. The van der Waals surface area contributed by atoms with Gasteiger partial charge in [0.25, 0.3) is 5.91 Å². The van der Waals surface area contributed by atoms with E-state index >= 15 is 0 Å². The van der Waals surface area contributed by atoms with E-state index in [9.17, 15) is 4.79 Å². The molecule has 24 heavy (non-hydrogen) atoms. The summed E-state index contributed by atoms with van der Waals surface area (Å²) >= 11 is 0. The van der Waals surface area contributed by atoms with Crippen LogP contribution in [0.15, 0.2) is 42.7 Å². The standard InChI is InChI=1S/C19H25N3O2/c1-15(24-18-6-4-3-5-7-18)19(23)21-11-8-17(9-12-21)14-22-13-10-20-16(22)2/h3-7,10,13,15,17H,8-9,11-12,14H2,1-2H3. The molecule has 0 bridgehead atoms. The number of likely N-dealkylation sites (tertiary alicyclic amines) is 1. The maximum atomic E-state index is 12.6.